The fraction of sp³-hybridized carbons (Fsp3) is 0.300. The SMILES string of the molecule is CON(C)C(=O)CNc1ccc(Cl)cc1. The first-order valence-corrected chi connectivity index (χ1v) is 4.81. The maximum atomic E-state index is 11.3. The van der Waals surface area contributed by atoms with Crippen LogP contribution in [0.15, 0.2) is 24.3 Å². The number of hydrogen-bond donors (Lipinski definition) is 1. The minimum absolute atomic E-state index is 0.146. The van der Waals surface area contributed by atoms with Crippen molar-refractivity contribution in [2.24, 2.45) is 0 Å². The summed E-state index contributed by atoms with van der Waals surface area (Å²) in [5, 5.41) is 4.79. The number of carbonyl (C=O) groups is 1. The summed E-state index contributed by atoms with van der Waals surface area (Å²) >= 11 is 5.72. The predicted molar refractivity (Wildman–Crippen MR) is 59.7 cm³/mol. The fourth-order valence-corrected chi connectivity index (χ4v) is 1.08. The highest BCUT2D eigenvalue weighted by Crippen LogP contribution is 2.12. The van der Waals surface area contributed by atoms with Crippen molar-refractivity contribution in [2.75, 3.05) is 26.0 Å². The van der Waals surface area contributed by atoms with Crippen molar-refractivity contribution < 1.29 is 9.63 Å². The van der Waals surface area contributed by atoms with Crippen molar-refractivity contribution in [3.8, 4) is 0 Å². The molecule has 5 heteroatoms. The lowest BCUT2D eigenvalue weighted by Gasteiger charge is -2.14. The van der Waals surface area contributed by atoms with Crippen molar-refractivity contribution in [3.05, 3.63) is 29.3 Å². The Balaban J connectivity index is 2.43. The first-order chi connectivity index (χ1) is 7.13. The van der Waals surface area contributed by atoms with Crippen molar-refractivity contribution in [3.63, 3.8) is 0 Å². The molecule has 0 saturated carbocycles. The van der Waals surface area contributed by atoms with Gasteiger partial charge in [-0.25, -0.2) is 5.06 Å². The quantitative estimate of drug-likeness (QED) is 0.799. The minimum Gasteiger partial charge on any atom is -0.376 e. The van der Waals surface area contributed by atoms with E-state index in [-0.39, 0.29) is 12.5 Å². The normalized spacial score (nSPS) is 9.80. The molecule has 0 aliphatic rings. The number of nitrogens with one attached hydrogen (secondary N) is 1. The van der Waals surface area contributed by atoms with Crippen molar-refractivity contribution in [1.29, 1.82) is 0 Å². The third-order valence-electron chi connectivity index (χ3n) is 1.91. The van der Waals surface area contributed by atoms with Crippen LogP contribution in [0.1, 0.15) is 0 Å². The molecule has 1 N–H and O–H groups in total. The maximum Gasteiger partial charge on any atom is 0.265 e. The molecular weight excluding hydrogens is 216 g/mol. The van der Waals surface area contributed by atoms with Crippen LogP contribution >= 0.6 is 11.6 Å². The monoisotopic (exact) mass is 228 g/mol. The molecule has 82 valence electrons. The van der Waals surface area contributed by atoms with Crippen LogP contribution < -0.4 is 5.32 Å². The second-order valence-corrected chi connectivity index (χ2v) is 3.37. The molecule has 0 aliphatic heterocycles. The standard InChI is InChI=1S/C10H13ClN2O2/c1-13(15-2)10(14)7-12-9-5-3-8(11)4-6-9/h3-6,12H,7H2,1-2H3. The molecule has 4 nitrogen and oxygen atoms in total. The van der Waals surface area contributed by atoms with Gasteiger partial charge in [-0.1, -0.05) is 11.6 Å². The van der Waals surface area contributed by atoms with Gasteiger partial charge in [0.2, 0.25) is 0 Å². The Hall–Kier alpha value is -1.26. The number of hydrogen-bond acceptors (Lipinski definition) is 3. The van der Waals surface area contributed by atoms with Crippen LogP contribution in [0.25, 0.3) is 0 Å². The van der Waals surface area contributed by atoms with Gasteiger partial charge in [0.15, 0.2) is 0 Å². The average Bonchev–Trinajstić information content (AvgIpc) is 2.26. The maximum absolute atomic E-state index is 11.3. The van der Waals surface area contributed by atoms with Crippen molar-refractivity contribution >= 4 is 23.2 Å². The van der Waals surface area contributed by atoms with Gasteiger partial charge >= 0.3 is 0 Å². The van der Waals surface area contributed by atoms with Crippen molar-refractivity contribution in [1.82, 2.24) is 5.06 Å². The van der Waals surface area contributed by atoms with Gasteiger partial charge in [-0.15, -0.1) is 0 Å². The summed E-state index contributed by atoms with van der Waals surface area (Å²) < 4.78 is 0. The third-order valence-corrected chi connectivity index (χ3v) is 2.17. The number of anilines is 1. The molecule has 1 amide bonds. The number of amides is 1. The molecule has 0 spiro atoms. The van der Waals surface area contributed by atoms with E-state index in [0.717, 1.165) is 5.69 Å². The number of carbonyl (C=O) groups excluding carboxylic acids is 1. The number of halogens is 1. The van der Waals surface area contributed by atoms with Crippen LogP contribution in [-0.2, 0) is 9.63 Å². The lowest BCUT2D eigenvalue weighted by Crippen LogP contribution is -2.31. The molecule has 0 bridgehead atoms. The van der Waals surface area contributed by atoms with Gasteiger partial charge in [0.05, 0.1) is 13.7 Å². The van der Waals surface area contributed by atoms with Crippen LogP contribution in [0.5, 0.6) is 0 Å². The zero-order valence-corrected chi connectivity index (χ0v) is 9.41. The summed E-state index contributed by atoms with van der Waals surface area (Å²) in [5.41, 5.74) is 0.845. The molecule has 0 unspecified atom stereocenters. The van der Waals surface area contributed by atoms with E-state index in [1.54, 1.807) is 19.2 Å². The smallest absolute Gasteiger partial charge is 0.265 e. The summed E-state index contributed by atoms with van der Waals surface area (Å²) in [4.78, 5) is 16.1. The molecule has 0 heterocycles. The van der Waals surface area contributed by atoms with E-state index < -0.39 is 0 Å². The third kappa shape index (κ3) is 3.77. The van der Waals surface area contributed by atoms with Crippen molar-refractivity contribution in [2.45, 2.75) is 0 Å². The zero-order chi connectivity index (χ0) is 11.3. The van der Waals surface area contributed by atoms with Gasteiger partial charge in [-0.3, -0.25) is 9.63 Å². The van der Waals surface area contributed by atoms with E-state index in [1.165, 1.54) is 12.2 Å². The van der Waals surface area contributed by atoms with Gasteiger partial charge < -0.3 is 5.32 Å². The van der Waals surface area contributed by atoms with Crippen LogP contribution in [0.2, 0.25) is 5.02 Å². The fourth-order valence-electron chi connectivity index (χ4n) is 0.959. The number of benzene rings is 1. The molecule has 0 saturated heterocycles. The molecule has 0 aromatic heterocycles. The summed E-state index contributed by atoms with van der Waals surface area (Å²) in [6.07, 6.45) is 0. The molecule has 0 atom stereocenters. The van der Waals surface area contributed by atoms with E-state index in [2.05, 4.69) is 5.32 Å². The van der Waals surface area contributed by atoms with Gasteiger partial charge in [-0.05, 0) is 24.3 Å². The molecule has 15 heavy (non-hydrogen) atoms. The van der Waals surface area contributed by atoms with Gasteiger partial charge in [0.1, 0.15) is 0 Å². The second kappa shape index (κ2) is 5.58. The van der Waals surface area contributed by atoms with Gasteiger partial charge in [0, 0.05) is 17.8 Å². The average molecular weight is 229 g/mol. The lowest BCUT2D eigenvalue weighted by atomic mass is 10.3. The van der Waals surface area contributed by atoms with Gasteiger partial charge in [-0.2, -0.15) is 0 Å². The van der Waals surface area contributed by atoms with E-state index >= 15 is 0 Å². The molecule has 0 fully saturated rings. The summed E-state index contributed by atoms with van der Waals surface area (Å²) in [6.45, 7) is 0.186. The van der Waals surface area contributed by atoms with E-state index in [4.69, 9.17) is 16.4 Å². The van der Waals surface area contributed by atoms with Crippen LogP contribution in [0.3, 0.4) is 0 Å². The summed E-state index contributed by atoms with van der Waals surface area (Å²) in [5.74, 6) is -0.146. The first kappa shape index (κ1) is 11.8. The number of rotatable bonds is 4. The summed E-state index contributed by atoms with van der Waals surface area (Å²) in [6, 6.07) is 7.13. The Morgan fingerprint density at radius 3 is 2.60 bits per heavy atom. The Morgan fingerprint density at radius 2 is 2.07 bits per heavy atom. The number of hydroxylamine groups is 2. The molecule has 0 aliphatic carbocycles. The highest BCUT2D eigenvalue weighted by Gasteiger charge is 2.06. The topological polar surface area (TPSA) is 41.6 Å². The Labute approximate surface area is 93.7 Å². The molecule has 1 rings (SSSR count). The second-order valence-electron chi connectivity index (χ2n) is 2.93. The molecule has 0 radical (unpaired) electrons. The highest BCUT2D eigenvalue weighted by atomic mass is 35.5. The highest BCUT2D eigenvalue weighted by molar-refractivity contribution is 6.30. The Bertz CT molecular complexity index is 327. The predicted octanol–water partition coefficient (Wildman–Crippen LogP) is 1.77. The number of nitrogens with zero attached hydrogens (tertiary/aromatic N) is 1. The molecule has 1 aromatic rings. The summed E-state index contributed by atoms with van der Waals surface area (Å²) in [7, 11) is 3.01. The molecular formula is C10H13ClN2O2. The molecule has 1 aromatic carbocycles. The van der Waals surface area contributed by atoms with Crippen LogP contribution in [0, 0.1) is 0 Å². The van der Waals surface area contributed by atoms with E-state index in [1.807, 2.05) is 12.1 Å². The Kier molecular flexibility index (Phi) is 4.39. The minimum atomic E-state index is -0.146. The first-order valence-electron chi connectivity index (χ1n) is 4.43. The Morgan fingerprint density at radius 1 is 1.47 bits per heavy atom. The van der Waals surface area contributed by atoms with Crippen LogP contribution in [-0.4, -0.2) is 31.7 Å². The van der Waals surface area contributed by atoms with Gasteiger partial charge in [0.25, 0.3) is 5.91 Å². The zero-order valence-electron chi connectivity index (χ0n) is 8.66. The number of likely N-dealkylation sites (N-methyl/N-ethyl adjacent to an activating group) is 1. The van der Waals surface area contributed by atoms with Crippen LogP contribution in [0.4, 0.5) is 5.69 Å². The largest absolute Gasteiger partial charge is 0.376 e. The lowest BCUT2D eigenvalue weighted by molar-refractivity contribution is -0.166. The van der Waals surface area contributed by atoms with E-state index in [9.17, 15) is 4.79 Å². The van der Waals surface area contributed by atoms with E-state index in [0.29, 0.717) is 5.02 Å².